The maximum atomic E-state index is 9.02. The van der Waals surface area contributed by atoms with Gasteiger partial charge in [-0.05, 0) is 31.0 Å². The molecule has 0 aliphatic carbocycles. The second-order valence-corrected chi connectivity index (χ2v) is 3.86. The summed E-state index contributed by atoms with van der Waals surface area (Å²) < 4.78 is 11.0. The first-order valence-corrected chi connectivity index (χ1v) is 5.65. The molecule has 1 atom stereocenters. The summed E-state index contributed by atoms with van der Waals surface area (Å²) in [4.78, 5) is 0. The van der Waals surface area contributed by atoms with Gasteiger partial charge in [-0.25, -0.2) is 0 Å². The molecule has 3 nitrogen and oxygen atoms in total. The van der Waals surface area contributed by atoms with Crippen LogP contribution in [0.4, 0.5) is 0 Å². The lowest BCUT2D eigenvalue weighted by Crippen LogP contribution is -2.11. The Labute approximate surface area is 97.0 Å². The van der Waals surface area contributed by atoms with Crippen LogP contribution in [0, 0.1) is 0 Å². The standard InChI is InChI=1S/C13H20O3/c1-4-5-10(2)16-12-7-6-11(9-14)8-13(12)15-3/h6-8,10,14H,4-5,9H2,1-3H3. The molecule has 0 aliphatic rings. The van der Waals surface area contributed by atoms with Crippen molar-refractivity contribution in [1.82, 2.24) is 0 Å². The lowest BCUT2D eigenvalue weighted by Gasteiger charge is -2.16. The Bertz CT molecular complexity index is 323. The van der Waals surface area contributed by atoms with Crippen LogP contribution in [0.25, 0.3) is 0 Å². The van der Waals surface area contributed by atoms with Crippen LogP contribution in [0.1, 0.15) is 32.3 Å². The van der Waals surface area contributed by atoms with E-state index >= 15 is 0 Å². The Morgan fingerprint density at radius 2 is 2.06 bits per heavy atom. The molecule has 0 spiro atoms. The van der Waals surface area contributed by atoms with Crippen LogP contribution in [-0.2, 0) is 6.61 Å². The van der Waals surface area contributed by atoms with Crippen molar-refractivity contribution >= 4 is 0 Å². The van der Waals surface area contributed by atoms with E-state index < -0.39 is 0 Å². The molecule has 0 saturated carbocycles. The van der Waals surface area contributed by atoms with E-state index in [1.165, 1.54) is 0 Å². The van der Waals surface area contributed by atoms with Gasteiger partial charge < -0.3 is 14.6 Å². The van der Waals surface area contributed by atoms with E-state index in [-0.39, 0.29) is 12.7 Å². The third-order valence-electron chi connectivity index (χ3n) is 2.43. The SMILES string of the molecule is CCCC(C)Oc1ccc(CO)cc1OC. The van der Waals surface area contributed by atoms with Crippen molar-refractivity contribution in [1.29, 1.82) is 0 Å². The van der Waals surface area contributed by atoms with Gasteiger partial charge in [0.05, 0.1) is 19.8 Å². The van der Waals surface area contributed by atoms with Crippen molar-refractivity contribution < 1.29 is 14.6 Å². The van der Waals surface area contributed by atoms with Crippen LogP contribution >= 0.6 is 0 Å². The number of hydrogen-bond acceptors (Lipinski definition) is 3. The summed E-state index contributed by atoms with van der Waals surface area (Å²) in [7, 11) is 1.60. The van der Waals surface area contributed by atoms with Crippen molar-refractivity contribution in [2.24, 2.45) is 0 Å². The van der Waals surface area contributed by atoms with Crippen LogP contribution in [-0.4, -0.2) is 18.3 Å². The van der Waals surface area contributed by atoms with Gasteiger partial charge in [0.15, 0.2) is 11.5 Å². The molecule has 1 rings (SSSR count). The van der Waals surface area contributed by atoms with Gasteiger partial charge in [0, 0.05) is 0 Å². The number of aliphatic hydroxyl groups is 1. The molecule has 0 saturated heterocycles. The molecule has 1 N–H and O–H groups in total. The quantitative estimate of drug-likeness (QED) is 0.807. The second kappa shape index (κ2) is 6.38. The van der Waals surface area contributed by atoms with Gasteiger partial charge in [-0.1, -0.05) is 19.4 Å². The third-order valence-corrected chi connectivity index (χ3v) is 2.43. The zero-order valence-electron chi connectivity index (χ0n) is 10.2. The fourth-order valence-corrected chi connectivity index (χ4v) is 1.59. The third kappa shape index (κ3) is 3.42. The molecule has 0 radical (unpaired) electrons. The molecular formula is C13H20O3. The summed E-state index contributed by atoms with van der Waals surface area (Å²) in [5, 5.41) is 9.02. The predicted molar refractivity (Wildman–Crippen MR) is 63.9 cm³/mol. The number of aliphatic hydroxyl groups excluding tert-OH is 1. The fourth-order valence-electron chi connectivity index (χ4n) is 1.59. The smallest absolute Gasteiger partial charge is 0.161 e. The molecule has 3 heteroatoms. The van der Waals surface area contributed by atoms with Crippen LogP contribution in [0.3, 0.4) is 0 Å². The number of methoxy groups -OCH3 is 1. The molecule has 1 unspecified atom stereocenters. The van der Waals surface area contributed by atoms with Crippen LogP contribution < -0.4 is 9.47 Å². The van der Waals surface area contributed by atoms with E-state index in [2.05, 4.69) is 6.92 Å². The summed E-state index contributed by atoms with van der Waals surface area (Å²) >= 11 is 0. The second-order valence-electron chi connectivity index (χ2n) is 3.86. The Hall–Kier alpha value is -1.22. The topological polar surface area (TPSA) is 38.7 Å². The Kier molecular flexibility index (Phi) is 5.12. The Morgan fingerprint density at radius 1 is 1.31 bits per heavy atom. The van der Waals surface area contributed by atoms with Gasteiger partial charge in [-0.2, -0.15) is 0 Å². The largest absolute Gasteiger partial charge is 0.493 e. The first kappa shape index (κ1) is 12.8. The molecule has 0 aromatic heterocycles. The minimum absolute atomic E-state index is 0.0150. The van der Waals surface area contributed by atoms with Gasteiger partial charge in [-0.3, -0.25) is 0 Å². The molecule has 0 fully saturated rings. The highest BCUT2D eigenvalue weighted by Crippen LogP contribution is 2.29. The molecule has 1 aromatic rings. The number of ether oxygens (including phenoxy) is 2. The average Bonchev–Trinajstić information content (AvgIpc) is 2.30. The maximum absolute atomic E-state index is 9.02. The van der Waals surface area contributed by atoms with Gasteiger partial charge in [0.2, 0.25) is 0 Å². The van der Waals surface area contributed by atoms with Crippen molar-refractivity contribution in [2.75, 3.05) is 7.11 Å². The van der Waals surface area contributed by atoms with Crippen LogP contribution in [0.15, 0.2) is 18.2 Å². The van der Waals surface area contributed by atoms with Crippen LogP contribution in [0.2, 0.25) is 0 Å². The Balaban J connectivity index is 2.78. The lowest BCUT2D eigenvalue weighted by molar-refractivity contribution is 0.200. The first-order valence-electron chi connectivity index (χ1n) is 5.65. The molecule has 1 aromatic carbocycles. The first-order chi connectivity index (χ1) is 7.71. The van der Waals surface area contributed by atoms with E-state index in [4.69, 9.17) is 14.6 Å². The highest BCUT2D eigenvalue weighted by atomic mass is 16.5. The zero-order valence-corrected chi connectivity index (χ0v) is 10.2. The Morgan fingerprint density at radius 3 is 2.62 bits per heavy atom. The van der Waals surface area contributed by atoms with E-state index in [0.717, 1.165) is 24.2 Å². The summed E-state index contributed by atoms with van der Waals surface area (Å²) in [6, 6.07) is 5.49. The zero-order chi connectivity index (χ0) is 12.0. The number of rotatable bonds is 6. The predicted octanol–water partition coefficient (Wildman–Crippen LogP) is 2.75. The van der Waals surface area contributed by atoms with E-state index in [1.54, 1.807) is 13.2 Å². The number of hydrogen-bond donors (Lipinski definition) is 1. The highest BCUT2D eigenvalue weighted by molar-refractivity contribution is 5.42. The van der Waals surface area contributed by atoms with Gasteiger partial charge in [0.25, 0.3) is 0 Å². The van der Waals surface area contributed by atoms with Gasteiger partial charge in [-0.15, -0.1) is 0 Å². The summed E-state index contributed by atoms with van der Waals surface area (Å²) in [6.07, 6.45) is 2.29. The summed E-state index contributed by atoms with van der Waals surface area (Å²) in [5.74, 6) is 1.41. The molecule has 0 bridgehead atoms. The molecule has 16 heavy (non-hydrogen) atoms. The molecule has 0 aliphatic heterocycles. The van der Waals surface area contributed by atoms with Crippen molar-refractivity contribution in [3.05, 3.63) is 23.8 Å². The highest BCUT2D eigenvalue weighted by Gasteiger charge is 2.09. The van der Waals surface area contributed by atoms with E-state index in [9.17, 15) is 0 Å². The van der Waals surface area contributed by atoms with E-state index in [1.807, 2.05) is 19.1 Å². The molecule has 0 amide bonds. The van der Waals surface area contributed by atoms with Crippen molar-refractivity contribution in [3.63, 3.8) is 0 Å². The monoisotopic (exact) mass is 224 g/mol. The molecule has 90 valence electrons. The summed E-state index contributed by atoms with van der Waals surface area (Å²) in [5.41, 5.74) is 0.826. The van der Waals surface area contributed by atoms with Gasteiger partial charge >= 0.3 is 0 Å². The average molecular weight is 224 g/mol. The van der Waals surface area contributed by atoms with Crippen molar-refractivity contribution in [3.8, 4) is 11.5 Å². The summed E-state index contributed by atoms with van der Waals surface area (Å²) in [6.45, 7) is 4.19. The van der Waals surface area contributed by atoms with Gasteiger partial charge in [0.1, 0.15) is 0 Å². The van der Waals surface area contributed by atoms with Crippen LogP contribution in [0.5, 0.6) is 11.5 Å². The lowest BCUT2D eigenvalue weighted by atomic mass is 10.2. The molecular weight excluding hydrogens is 204 g/mol. The normalized spacial score (nSPS) is 12.2. The minimum atomic E-state index is 0.0150. The fraction of sp³-hybridized carbons (Fsp3) is 0.538. The molecule has 0 heterocycles. The maximum Gasteiger partial charge on any atom is 0.161 e. The van der Waals surface area contributed by atoms with Crippen molar-refractivity contribution in [2.45, 2.75) is 39.4 Å². The number of benzene rings is 1. The minimum Gasteiger partial charge on any atom is -0.493 e. The van der Waals surface area contributed by atoms with E-state index in [0.29, 0.717) is 5.75 Å².